The molecule has 2 aromatic rings. The Balaban J connectivity index is 1.63. The molecule has 122 valence electrons. The van der Waals surface area contributed by atoms with Crippen LogP contribution in [0.4, 0.5) is 5.82 Å². The summed E-state index contributed by atoms with van der Waals surface area (Å²) in [6.07, 6.45) is 1.59. The van der Waals surface area contributed by atoms with E-state index in [4.69, 9.17) is 0 Å². The molecule has 7 heteroatoms. The lowest BCUT2D eigenvalue weighted by Crippen LogP contribution is -2.32. The van der Waals surface area contributed by atoms with Crippen molar-refractivity contribution in [1.29, 1.82) is 0 Å². The number of hydrogen-bond donors (Lipinski definition) is 1. The molecule has 24 heavy (non-hydrogen) atoms. The Kier molecular flexibility index (Phi) is 4.44. The van der Waals surface area contributed by atoms with Gasteiger partial charge in [-0.25, -0.2) is 4.98 Å². The number of pyridine rings is 1. The lowest BCUT2D eigenvalue weighted by Gasteiger charge is -2.13. The average molecular weight is 388 g/mol. The number of halogens is 1. The average Bonchev–Trinajstić information content (AvgIpc) is 2.78. The van der Waals surface area contributed by atoms with Crippen molar-refractivity contribution in [1.82, 2.24) is 9.88 Å². The summed E-state index contributed by atoms with van der Waals surface area (Å²) in [5, 5.41) is 2.63. The number of fused-ring (bicyclic) bond motifs is 1. The standard InChI is InChI=1S/C17H14BrN3O3/c1-10-2-4-12-13(8-10)17(24)21(16(12)23)7-6-15(22)20-14-5-3-11(18)9-19-14/h2-5,8-9H,6-7H2,1H3,(H,19,20,22). The fraction of sp³-hybridized carbons (Fsp3) is 0.176. The van der Waals surface area contributed by atoms with Crippen molar-refractivity contribution in [2.45, 2.75) is 13.3 Å². The van der Waals surface area contributed by atoms with E-state index in [1.54, 1.807) is 36.5 Å². The summed E-state index contributed by atoms with van der Waals surface area (Å²) in [6.45, 7) is 1.90. The molecule has 0 fully saturated rings. The van der Waals surface area contributed by atoms with Crippen LogP contribution >= 0.6 is 15.9 Å². The van der Waals surface area contributed by atoms with Crippen LogP contribution in [0.5, 0.6) is 0 Å². The summed E-state index contributed by atoms with van der Waals surface area (Å²) < 4.78 is 0.807. The topological polar surface area (TPSA) is 79.4 Å². The fourth-order valence-electron chi connectivity index (χ4n) is 2.48. The van der Waals surface area contributed by atoms with Gasteiger partial charge in [-0.2, -0.15) is 0 Å². The van der Waals surface area contributed by atoms with Crippen molar-refractivity contribution in [3.8, 4) is 0 Å². The Morgan fingerprint density at radius 3 is 2.62 bits per heavy atom. The molecule has 1 aromatic heterocycles. The number of carbonyl (C=O) groups is 3. The van der Waals surface area contributed by atoms with Crippen LogP contribution in [0, 0.1) is 6.92 Å². The molecule has 3 rings (SSSR count). The van der Waals surface area contributed by atoms with E-state index in [0.29, 0.717) is 16.9 Å². The summed E-state index contributed by atoms with van der Waals surface area (Å²) in [5.74, 6) is -0.600. The number of rotatable bonds is 4. The second-order valence-electron chi connectivity index (χ2n) is 5.47. The molecular weight excluding hydrogens is 374 g/mol. The largest absolute Gasteiger partial charge is 0.311 e. The van der Waals surface area contributed by atoms with Gasteiger partial charge in [-0.1, -0.05) is 11.6 Å². The molecular formula is C17H14BrN3O3. The van der Waals surface area contributed by atoms with Gasteiger partial charge in [0.1, 0.15) is 5.82 Å². The minimum Gasteiger partial charge on any atom is -0.311 e. The Hall–Kier alpha value is -2.54. The first-order chi connectivity index (χ1) is 11.5. The van der Waals surface area contributed by atoms with Gasteiger partial charge in [-0.05, 0) is 47.1 Å². The predicted octanol–water partition coefficient (Wildman–Crippen LogP) is 2.78. The van der Waals surface area contributed by atoms with E-state index < -0.39 is 0 Å². The summed E-state index contributed by atoms with van der Waals surface area (Å²) in [7, 11) is 0. The highest BCUT2D eigenvalue weighted by atomic mass is 79.9. The van der Waals surface area contributed by atoms with Crippen LogP contribution < -0.4 is 5.32 Å². The van der Waals surface area contributed by atoms with Gasteiger partial charge in [0, 0.05) is 23.6 Å². The van der Waals surface area contributed by atoms with Gasteiger partial charge in [0.15, 0.2) is 0 Å². The quantitative estimate of drug-likeness (QED) is 0.817. The van der Waals surface area contributed by atoms with Crippen LogP contribution in [0.1, 0.15) is 32.7 Å². The number of anilines is 1. The number of amides is 3. The maximum atomic E-state index is 12.3. The van der Waals surface area contributed by atoms with Crippen molar-refractivity contribution in [2.24, 2.45) is 0 Å². The first-order valence-corrected chi connectivity index (χ1v) is 8.13. The zero-order valence-corrected chi connectivity index (χ0v) is 14.5. The zero-order chi connectivity index (χ0) is 17.3. The molecule has 3 amide bonds. The molecule has 0 saturated carbocycles. The van der Waals surface area contributed by atoms with Crippen molar-refractivity contribution >= 4 is 39.5 Å². The smallest absolute Gasteiger partial charge is 0.261 e. The van der Waals surface area contributed by atoms with E-state index in [0.717, 1.165) is 14.9 Å². The van der Waals surface area contributed by atoms with Gasteiger partial charge in [0.05, 0.1) is 11.1 Å². The molecule has 2 heterocycles. The SMILES string of the molecule is Cc1ccc2c(c1)C(=O)N(CCC(=O)Nc1ccc(Br)cn1)C2=O. The highest BCUT2D eigenvalue weighted by molar-refractivity contribution is 9.10. The van der Waals surface area contributed by atoms with Crippen LogP contribution in [0.2, 0.25) is 0 Å². The predicted molar refractivity (Wildman–Crippen MR) is 91.7 cm³/mol. The molecule has 0 bridgehead atoms. The first-order valence-electron chi connectivity index (χ1n) is 7.34. The van der Waals surface area contributed by atoms with Crippen LogP contribution in [0.3, 0.4) is 0 Å². The number of imide groups is 1. The number of nitrogens with one attached hydrogen (secondary N) is 1. The molecule has 0 spiro atoms. The maximum Gasteiger partial charge on any atom is 0.261 e. The van der Waals surface area contributed by atoms with E-state index in [1.165, 1.54) is 0 Å². The Bertz CT molecular complexity index is 833. The van der Waals surface area contributed by atoms with Gasteiger partial charge >= 0.3 is 0 Å². The van der Waals surface area contributed by atoms with Gasteiger partial charge < -0.3 is 5.32 Å². The lowest BCUT2D eigenvalue weighted by atomic mass is 10.1. The zero-order valence-electron chi connectivity index (χ0n) is 12.9. The van der Waals surface area contributed by atoms with Gasteiger partial charge in [-0.15, -0.1) is 0 Å². The molecule has 6 nitrogen and oxygen atoms in total. The molecule has 1 N–H and O–H groups in total. The molecule has 1 aliphatic rings. The first kappa shape index (κ1) is 16.3. The van der Waals surface area contributed by atoms with Crippen molar-refractivity contribution in [2.75, 3.05) is 11.9 Å². The number of carbonyl (C=O) groups excluding carboxylic acids is 3. The minimum atomic E-state index is -0.357. The highest BCUT2D eigenvalue weighted by Crippen LogP contribution is 2.24. The Morgan fingerprint density at radius 2 is 1.92 bits per heavy atom. The second kappa shape index (κ2) is 6.52. The van der Waals surface area contributed by atoms with Crippen molar-refractivity contribution in [3.05, 3.63) is 57.7 Å². The summed E-state index contributed by atoms with van der Waals surface area (Å²) in [4.78, 5) is 41.7. The number of aromatic nitrogens is 1. The second-order valence-corrected chi connectivity index (χ2v) is 6.39. The van der Waals surface area contributed by atoms with E-state index in [9.17, 15) is 14.4 Å². The minimum absolute atomic E-state index is 0.0161. The van der Waals surface area contributed by atoms with Crippen LogP contribution in [-0.2, 0) is 4.79 Å². The van der Waals surface area contributed by atoms with Crippen LogP contribution in [0.25, 0.3) is 0 Å². The molecule has 0 radical (unpaired) electrons. The monoisotopic (exact) mass is 387 g/mol. The molecule has 1 aliphatic heterocycles. The van der Waals surface area contributed by atoms with Crippen LogP contribution in [0.15, 0.2) is 41.0 Å². The summed E-state index contributed by atoms with van der Waals surface area (Å²) in [5.41, 5.74) is 1.70. The molecule has 0 unspecified atom stereocenters. The number of aryl methyl sites for hydroxylation is 1. The third-order valence-corrected chi connectivity index (χ3v) is 4.15. The Morgan fingerprint density at radius 1 is 1.17 bits per heavy atom. The molecule has 1 aromatic carbocycles. The van der Waals surface area contributed by atoms with Gasteiger partial charge in [0.2, 0.25) is 5.91 Å². The molecule has 0 saturated heterocycles. The third kappa shape index (κ3) is 3.21. The summed E-state index contributed by atoms with van der Waals surface area (Å²) >= 11 is 3.26. The number of hydrogen-bond acceptors (Lipinski definition) is 4. The highest BCUT2D eigenvalue weighted by Gasteiger charge is 2.35. The van der Waals surface area contributed by atoms with Crippen molar-refractivity contribution in [3.63, 3.8) is 0 Å². The number of nitrogens with zero attached hydrogens (tertiary/aromatic N) is 2. The maximum absolute atomic E-state index is 12.3. The fourth-order valence-corrected chi connectivity index (χ4v) is 2.71. The van der Waals surface area contributed by atoms with E-state index in [1.807, 2.05) is 6.92 Å². The summed E-state index contributed by atoms with van der Waals surface area (Å²) in [6, 6.07) is 8.55. The third-order valence-electron chi connectivity index (χ3n) is 3.68. The van der Waals surface area contributed by atoms with Gasteiger partial charge in [0.25, 0.3) is 11.8 Å². The number of benzene rings is 1. The van der Waals surface area contributed by atoms with E-state index in [2.05, 4.69) is 26.2 Å². The van der Waals surface area contributed by atoms with Crippen LogP contribution in [-0.4, -0.2) is 34.2 Å². The lowest BCUT2D eigenvalue weighted by molar-refractivity contribution is -0.116. The van der Waals surface area contributed by atoms with E-state index in [-0.39, 0.29) is 30.7 Å². The normalized spacial score (nSPS) is 13.2. The molecule has 0 aliphatic carbocycles. The van der Waals surface area contributed by atoms with Gasteiger partial charge in [-0.3, -0.25) is 19.3 Å². The Labute approximate surface area is 147 Å². The van der Waals surface area contributed by atoms with E-state index >= 15 is 0 Å². The molecule has 0 atom stereocenters. The van der Waals surface area contributed by atoms with Crippen molar-refractivity contribution < 1.29 is 14.4 Å².